The van der Waals surface area contributed by atoms with Crippen molar-refractivity contribution in [2.45, 2.75) is 53.1 Å². The number of rotatable bonds is 5. The molecule has 2 unspecified atom stereocenters. The summed E-state index contributed by atoms with van der Waals surface area (Å²) in [7, 11) is 2.06. The maximum atomic E-state index is 13.7. The lowest BCUT2D eigenvalue weighted by molar-refractivity contribution is 0.502. The molecule has 2 N–H and O–H groups in total. The van der Waals surface area contributed by atoms with E-state index in [4.69, 9.17) is 5.73 Å². The van der Waals surface area contributed by atoms with Crippen LogP contribution >= 0.6 is 0 Å². The van der Waals surface area contributed by atoms with Gasteiger partial charge in [-0.1, -0.05) is 13.8 Å². The molecule has 0 aliphatic heterocycles. The molecule has 0 aromatic heterocycles. The molecule has 0 bridgehead atoms. The van der Waals surface area contributed by atoms with E-state index in [2.05, 4.69) is 32.7 Å². The van der Waals surface area contributed by atoms with Crippen LogP contribution in [-0.2, 0) is 0 Å². The number of hydrogen-bond acceptors (Lipinski definition) is 2. The van der Waals surface area contributed by atoms with Gasteiger partial charge in [0.15, 0.2) is 0 Å². The molecular formula is C16H27FN2. The van der Waals surface area contributed by atoms with Gasteiger partial charge in [-0.15, -0.1) is 0 Å². The molecule has 0 heterocycles. The van der Waals surface area contributed by atoms with Crippen LogP contribution in [-0.4, -0.2) is 13.1 Å². The number of nitrogens with zero attached hydrogens (tertiary/aromatic N) is 1. The van der Waals surface area contributed by atoms with Gasteiger partial charge < -0.3 is 10.6 Å². The topological polar surface area (TPSA) is 29.3 Å². The lowest BCUT2D eigenvalue weighted by Gasteiger charge is -2.31. The molecule has 0 aliphatic rings. The van der Waals surface area contributed by atoms with Crippen LogP contribution in [0.5, 0.6) is 0 Å². The Kier molecular flexibility index (Phi) is 5.36. The zero-order valence-corrected chi connectivity index (χ0v) is 13.0. The molecule has 0 saturated heterocycles. The fourth-order valence-electron chi connectivity index (χ4n) is 2.43. The third kappa shape index (κ3) is 3.93. The number of halogens is 1. The van der Waals surface area contributed by atoms with Crippen LogP contribution in [0.3, 0.4) is 0 Å². The van der Waals surface area contributed by atoms with E-state index in [9.17, 15) is 4.39 Å². The summed E-state index contributed by atoms with van der Waals surface area (Å²) in [4.78, 5) is 2.21. The number of nitrogens with two attached hydrogens (primary N) is 1. The van der Waals surface area contributed by atoms with Gasteiger partial charge >= 0.3 is 0 Å². The Labute approximate surface area is 116 Å². The van der Waals surface area contributed by atoms with E-state index < -0.39 is 0 Å². The normalized spacial score (nSPS) is 14.6. The number of benzene rings is 1. The summed E-state index contributed by atoms with van der Waals surface area (Å²) in [5.74, 6) is 0.457. The second-order valence-electron chi connectivity index (χ2n) is 6.04. The maximum Gasteiger partial charge on any atom is 0.126 e. The minimum absolute atomic E-state index is 0.168. The van der Waals surface area contributed by atoms with E-state index in [1.54, 1.807) is 13.0 Å². The monoisotopic (exact) mass is 266 g/mol. The largest absolute Gasteiger partial charge is 0.372 e. The van der Waals surface area contributed by atoms with Crippen LogP contribution in [0.4, 0.5) is 10.1 Å². The molecule has 108 valence electrons. The maximum absolute atomic E-state index is 13.7. The van der Waals surface area contributed by atoms with Crippen LogP contribution in [0.1, 0.15) is 51.3 Å². The highest BCUT2D eigenvalue weighted by Gasteiger charge is 2.18. The van der Waals surface area contributed by atoms with E-state index in [1.807, 2.05) is 13.0 Å². The molecule has 2 atom stereocenters. The number of hydrogen-bond donors (Lipinski definition) is 1. The van der Waals surface area contributed by atoms with Crippen molar-refractivity contribution >= 4 is 5.69 Å². The van der Waals surface area contributed by atoms with Crippen molar-refractivity contribution in [3.63, 3.8) is 0 Å². The van der Waals surface area contributed by atoms with E-state index in [0.29, 0.717) is 17.5 Å². The van der Waals surface area contributed by atoms with Crippen LogP contribution in [0.2, 0.25) is 0 Å². The van der Waals surface area contributed by atoms with Crippen molar-refractivity contribution in [1.82, 2.24) is 0 Å². The van der Waals surface area contributed by atoms with Crippen LogP contribution in [0, 0.1) is 18.7 Å². The summed E-state index contributed by atoms with van der Waals surface area (Å²) < 4.78 is 13.7. The summed E-state index contributed by atoms with van der Waals surface area (Å²) in [5, 5.41) is 0. The predicted octanol–water partition coefficient (Wildman–Crippen LogP) is 4.02. The Hall–Kier alpha value is -1.09. The molecule has 2 nitrogen and oxygen atoms in total. The number of anilines is 1. The number of aryl methyl sites for hydroxylation is 1. The van der Waals surface area contributed by atoms with Gasteiger partial charge in [0.1, 0.15) is 5.82 Å². The Bertz CT molecular complexity index is 427. The highest BCUT2D eigenvalue weighted by Crippen LogP contribution is 2.29. The smallest absolute Gasteiger partial charge is 0.126 e. The Balaban J connectivity index is 3.13. The fraction of sp³-hybridized carbons (Fsp3) is 0.625. The quantitative estimate of drug-likeness (QED) is 0.872. The highest BCUT2D eigenvalue weighted by atomic mass is 19.1. The minimum atomic E-state index is -0.180. The Morgan fingerprint density at radius 2 is 1.79 bits per heavy atom. The molecule has 1 aromatic rings. The second-order valence-corrected chi connectivity index (χ2v) is 6.04. The lowest BCUT2D eigenvalue weighted by atomic mass is 9.99. The first-order valence-corrected chi connectivity index (χ1v) is 7.02. The molecular weight excluding hydrogens is 239 g/mol. The van der Waals surface area contributed by atoms with Gasteiger partial charge in [-0.25, -0.2) is 4.39 Å². The molecule has 0 amide bonds. The SMILES string of the molecule is Cc1cc(N(C)C(C)CC(C)C)c(C(C)N)cc1F. The molecule has 1 aromatic carbocycles. The Morgan fingerprint density at radius 1 is 1.21 bits per heavy atom. The first kappa shape index (κ1) is 16.0. The van der Waals surface area contributed by atoms with Gasteiger partial charge in [0, 0.05) is 24.8 Å². The molecule has 0 fully saturated rings. The summed E-state index contributed by atoms with van der Waals surface area (Å²) in [6, 6.07) is 3.72. The summed E-state index contributed by atoms with van der Waals surface area (Å²) in [6.45, 7) is 10.3. The van der Waals surface area contributed by atoms with Crippen molar-refractivity contribution in [3.05, 3.63) is 29.1 Å². The van der Waals surface area contributed by atoms with E-state index in [1.165, 1.54) is 0 Å². The molecule has 19 heavy (non-hydrogen) atoms. The minimum Gasteiger partial charge on any atom is -0.372 e. The molecule has 0 saturated carbocycles. The lowest BCUT2D eigenvalue weighted by Crippen LogP contribution is -2.31. The van der Waals surface area contributed by atoms with Crippen molar-refractivity contribution in [3.8, 4) is 0 Å². The summed E-state index contributed by atoms with van der Waals surface area (Å²) in [6.07, 6.45) is 1.10. The van der Waals surface area contributed by atoms with Gasteiger partial charge in [0.2, 0.25) is 0 Å². The predicted molar refractivity (Wildman–Crippen MR) is 81.1 cm³/mol. The first-order valence-electron chi connectivity index (χ1n) is 7.02. The van der Waals surface area contributed by atoms with Crippen LogP contribution < -0.4 is 10.6 Å². The standard InChI is InChI=1S/C16H27FN2/c1-10(2)7-12(4)19(6)16-8-11(3)15(17)9-14(16)13(5)18/h8-10,12-13H,7,18H2,1-6H3. The Morgan fingerprint density at radius 3 is 2.26 bits per heavy atom. The molecule has 3 heteroatoms. The van der Waals surface area contributed by atoms with Gasteiger partial charge in [-0.2, -0.15) is 0 Å². The van der Waals surface area contributed by atoms with Gasteiger partial charge in [-0.3, -0.25) is 0 Å². The van der Waals surface area contributed by atoms with Crippen LogP contribution in [0.25, 0.3) is 0 Å². The van der Waals surface area contributed by atoms with Crippen molar-refractivity contribution in [2.24, 2.45) is 11.7 Å². The zero-order chi connectivity index (χ0) is 14.7. The average molecular weight is 266 g/mol. The van der Waals surface area contributed by atoms with Gasteiger partial charge in [0.05, 0.1) is 0 Å². The highest BCUT2D eigenvalue weighted by molar-refractivity contribution is 5.57. The summed E-state index contributed by atoms with van der Waals surface area (Å²) >= 11 is 0. The third-order valence-electron chi connectivity index (χ3n) is 3.65. The van der Waals surface area contributed by atoms with E-state index in [-0.39, 0.29) is 11.9 Å². The van der Waals surface area contributed by atoms with Crippen LogP contribution in [0.15, 0.2) is 12.1 Å². The fourth-order valence-corrected chi connectivity index (χ4v) is 2.43. The van der Waals surface area contributed by atoms with Crippen molar-refractivity contribution in [2.75, 3.05) is 11.9 Å². The third-order valence-corrected chi connectivity index (χ3v) is 3.65. The zero-order valence-electron chi connectivity index (χ0n) is 13.0. The van der Waals surface area contributed by atoms with E-state index in [0.717, 1.165) is 17.7 Å². The molecule has 0 spiro atoms. The summed E-state index contributed by atoms with van der Waals surface area (Å²) in [5.41, 5.74) is 8.57. The molecule has 0 radical (unpaired) electrons. The first-order chi connectivity index (χ1) is 8.73. The second kappa shape index (κ2) is 6.38. The van der Waals surface area contributed by atoms with Crippen molar-refractivity contribution in [1.29, 1.82) is 0 Å². The van der Waals surface area contributed by atoms with Crippen molar-refractivity contribution < 1.29 is 4.39 Å². The van der Waals surface area contributed by atoms with Gasteiger partial charge in [0.25, 0.3) is 0 Å². The van der Waals surface area contributed by atoms with Gasteiger partial charge in [-0.05, 0) is 56.4 Å². The average Bonchev–Trinajstić information content (AvgIpc) is 2.29. The molecule has 0 aliphatic carbocycles. The van der Waals surface area contributed by atoms with E-state index >= 15 is 0 Å². The molecule has 1 rings (SSSR count).